The number of phenolic OH excluding ortho intramolecular Hbond substituents is 1. The molecule has 10 heteroatoms. The zero-order valence-corrected chi connectivity index (χ0v) is 27.0. The van der Waals surface area contributed by atoms with Gasteiger partial charge in [0.25, 0.3) is 0 Å². The summed E-state index contributed by atoms with van der Waals surface area (Å²) in [6.45, 7) is 6.82. The van der Waals surface area contributed by atoms with Crippen LogP contribution in [-0.2, 0) is 11.3 Å². The van der Waals surface area contributed by atoms with Crippen LogP contribution in [-0.4, -0.2) is 56.2 Å². The molecule has 7 rings (SSSR count). The lowest BCUT2D eigenvalue weighted by atomic mass is 10.1. The van der Waals surface area contributed by atoms with E-state index in [4.69, 9.17) is 24.3 Å². The number of fused-ring (bicyclic) bond motifs is 3. The molecule has 5 aromatic rings. The van der Waals surface area contributed by atoms with E-state index >= 15 is 0 Å². The number of pyridine rings is 1. The van der Waals surface area contributed by atoms with E-state index in [0.29, 0.717) is 30.6 Å². The molecule has 0 spiro atoms. The van der Waals surface area contributed by atoms with Gasteiger partial charge in [-0.05, 0) is 94.1 Å². The minimum Gasteiger partial charge on any atom is -0.508 e. The van der Waals surface area contributed by atoms with Crippen molar-refractivity contribution in [2.75, 3.05) is 19.0 Å². The predicted molar refractivity (Wildman–Crippen MR) is 180 cm³/mol. The third-order valence-corrected chi connectivity index (χ3v) is 8.84. The third-order valence-electron chi connectivity index (χ3n) is 8.84. The fourth-order valence-corrected chi connectivity index (χ4v) is 6.82. The number of rotatable bonds is 8. The first kappa shape index (κ1) is 30.4. The Morgan fingerprint density at radius 2 is 1.72 bits per heavy atom. The largest absolute Gasteiger partial charge is 0.508 e. The number of aromatic nitrogens is 3. The van der Waals surface area contributed by atoms with Gasteiger partial charge in [-0.2, -0.15) is 5.10 Å². The second kappa shape index (κ2) is 12.2. The third kappa shape index (κ3) is 6.15. The van der Waals surface area contributed by atoms with Crippen molar-refractivity contribution in [1.82, 2.24) is 19.7 Å². The lowest BCUT2D eigenvalue weighted by Crippen LogP contribution is -2.45. The van der Waals surface area contributed by atoms with E-state index in [-0.39, 0.29) is 23.9 Å². The Labute approximate surface area is 273 Å². The predicted octanol–water partition coefficient (Wildman–Crippen LogP) is 7.79. The first-order valence-electron chi connectivity index (χ1n) is 16.0. The fraction of sp³-hybridized carbons (Fsp3) is 0.324. The Bertz CT molecular complexity index is 1900. The molecule has 2 bridgehead atoms. The maximum absolute atomic E-state index is 13.2. The second-order valence-corrected chi connectivity index (χ2v) is 13.2. The quantitative estimate of drug-likeness (QED) is 0.178. The number of nitrogens with zero attached hydrogens (tertiary/aromatic N) is 4. The highest BCUT2D eigenvalue weighted by atomic mass is 16.6. The molecule has 2 N–H and O–H groups in total. The number of methoxy groups -OCH3 is 1. The highest BCUT2D eigenvalue weighted by molar-refractivity contribution is 6.01. The summed E-state index contributed by atoms with van der Waals surface area (Å²) in [6, 6.07) is 24.6. The van der Waals surface area contributed by atoms with Crippen LogP contribution in [0, 0.1) is 5.92 Å². The molecule has 2 aromatic heterocycles. The number of para-hydroxylation sites is 1. The van der Waals surface area contributed by atoms with Gasteiger partial charge in [-0.1, -0.05) is 18.2 Å². The molecule has 47 heavy (non-hydrogen) atoms. The average Bonchev–Trinajstić information content (AvgIpc) is 3.78. The summed E-state index contributed by atoms with van der Waals surface area (Å²) in [7, 11) is 1.58. The zero-order valence-electron chi connectivity index (χ0n) is 27.0. The monoisotopic (exact) mass is 633 g/mol. The van der Waals surface area contributed by atoms with Crippen LogP contribution >= 0.6 is 0 Å². The highest BCUT2D eigenvalue weighted by Crippen LogP contribution is 2.47. The van der Waals surface area contributed by atoms with Crippen LogP contribution in [0.3, 0.4) is 0 Å². The first-order valence-corrected chi connectivity index (χ1v) is 16.0. The van der Waals surface area contributed by atoms with Crippen LogP contribution in [0.4, 0.5) is 10.6 Å². The minimum atomic E-state index is -0.567. The summed E-state index contributed by atoms with van der Waals surface area (Å²) in [5.41, 5.74) is 2.94. The molecule has 1 aliphatic heterocycles. The van der Waals surface area contributed by atoms with E-state index < -0.39 is 5.60 Å². The number of phenols is 1. The lowest BCUT2D eigenvalue weighted by molar-refractivity contribution is 0.0136. The number of hydrogen-bond acceptors (Lipinski definition) is 8. The second-order valence-electron chi connectivity index (χ2n) is 13.2. The molecule has 1 saturated heterocycles. The highest BCUT2D eigenvalue weighted by Gasteiger charge is 2.49. The Kier molecular flexibility index (Phi) is 7.87. The summed E-state index contributed by atoms with van der Waals surface area (Å²) >= 11 is 0. The Balaban J connectivity index is 1.27. The van der Waals surface area contributed by atoms with E-state index in [0.717, 1.165) is 52.1 Å². The Morgan fingerprint density at radius 3 is 2.45 bits per heavy atom. The van der Waals surface area contributed by atoms with Gasteiger partial charge in [-0.3, -0.25) is 4.68 Å². The number of nitrogens with one attached hydrogen (secondary N) is 1. The number of hydrogen-bond donors (Lipinski definition) is 2. The number of anilines is 1. The molecule has 3 unspecified atom stereocenters. The molecule has 3 aromatic carbocycles. The molecule has 242 valence electrons. The zero-order chi connectivity index (χ0) is 32.7. The molecule has 0 radical (unpaired) electrons. The van der Waals surface area contributed by atoms with Crippen molar-refractivity contribution in [3.8, 4) is 34.3 Å². The number of piperidine rings is 1. The van der Waals surface area contributed by atoms with E-state index in [1.807, 2.05) is 92.4 Å². The lowest BCUT2D eigenvalue weighted by Gasteiger charge is -2.34. The van der Waals surface area contributed by atoms with Gasteiger partial charge in [-0.25, -0.2) is 9.78 Å². The number of carbonyl (C=O) groups excluding carboxylic acids is 1. The van der Waals surface area contributed by atoms with E-state index in [9.17, 15) is 9.90 Å². The summed E-state index contributed by atoms with van der Waals surface area (Å²) in [4.78, 5) is 19.9. The van der Waals surface area contributed by atoms with Gasteiger partial charge in [0.1, 0.15) is 40.1 Å². The smallest absolute Gasteiger partial charge is 0.410 e. The maximum Gasteiger partial charge on any atom is 0.410 e. The summed E-state index contributed by atoms with van der Waals surface area (Å²) in [5, 5.41) is 19.6. The molecule has 2 fully saturated rings. The van der Waals surface area contributed by atoms with Crippen molar-refractivity contribution in [2.24, 2.45) is 5.92 Å². The molecule has 3 heterocycles. The normalized spacial score (nSPS) is 18.8. The van der Waals surface area contributed by atoms with Gasteiger partial charge >= 0.3 is 6.09 Å². The molecule has 1 amide bonds. The van der Waals surface area contributed by atoms with Crippen molar-refractivity contribution in [2.45, 2.75) is 57.8 Å². The van der Waals surface area contributed by atoms with E-state index in [2.05, 4.69) is 10.00 Å². The van der Waals surface area contributed by atoms with Gasteiger partial charge in [0, 0.05) is 36.5 Å². The summed E-state index contributed by atoms with van der Waals surface area (Å²) < 4.78 is 19.5. The van der Waals surface area contributed by atoms with Crippen LogP contribution in [0.25, 0.3) is 22.2 Å². The molecule has 1 aliphatic carbocycles. The number of amides is 1. The van der Waals surface area contributed by atoms with Crippen LogP contribution in [0.5, 0.6) is 23.0 Å². The van der Waals surface area contributed by atoms with Gasteiger partial charge in [0.15, 0.2) is 0 Å². The summed E-state index contributed by atoms with van der Waals surface area (Å²) in [5.74, 6) is 3.27. The van der Waals surface area contributed by atoms with E-state index in [1.165, 1.54) is 0 Å². The SMILES string of the molecule is COc1cc(O)ccc1CNc1nccc2c1c(-c1ccc(Oc3ccccc3)cc1)nn2C1CC2CC1N(C(=O)OC(C)(C)C)C2. The number of aromatic hydroxyl groups is 1. The minimum absolute atomic E-state index is 0.00866. The molecule has 2 aliphatic rings. The first-order chi connectivity index (χ1) is 22.7. The van der Waals surface area contributed by atoms with Gasteiger partial charge < -0.3 is 29.5 Å². The van der Waals surface area contributed by atoms with Gasteiger partial charge in [0.05, 0.1) is 30.1 Å². The Morgan fingerprint density at radius 1 is 0.979 bits per heavy atom. The van der Waals surface area contributed by atoms with Crippen molar-refractivity contribution in [3.63, 3.8) is 0 Å². The summed E-state index contributed by atoms with van der Waals surface area (Å²) in [6.07, 6.45) is 3.37. The Hall–Kier alpha value is -5.25. The standard InChI is InChI=1S/C37H39N5O5/c1-37(2,3)47-36(44)41-22-23-18-30(41)31(19-23)42-29-16-17-38-35(39-21-25-10-13-26(43)20-32(25)45-4)33(29)34(40-42)24-11-14-28(15-12-24)46-27-8-6-5-7-9-27/h5-17,20,23,30-31,43H,18-19,21-22H2,1-4H3,(H,38,39). The van der Waals surface area contributed by atoms with Crippen molar-refractivity contribution in [3.05, 3.63) is 90.6 Å². The maximum atomic E-state index is 13.2. The van der Waals surface area contributed by atoms with Crippen molar-refractivity contribution < 1.29 is 24.1 Å². The van der Waals surface area contributed by atoms with E-state index in [1.54, 1.807) is 25.4 Å². The number of carbonyl (C=O) groups is 1. The van der Waals surface area contributed by atoms with Gasteiger partial charge in [-0.15, -0.1) is 0 Å². The van der Waals surface area contributed by atoms with Crippen LogP contribution in [0.15, 0.2) is 85.1 Å². The molecule has 1 saturated carbocycles. The molecule has 10 nitrogen and oxygen atoms in total. The van der Waals surface area contributed by atoms with Crippen LogP contribution in [0.1, 0.15) is 45.2 Å². The van der Waals surface area contributed by atoms with Crippen molar-refractivity contribution >= 4 is 22.8 Å². The topological polar surface area (TPSA) is 111 Å². The van der Waals surface area contributed by atoms with Gasteiger partial charge in [0.2, 0.25) is 0 Å². The fourth-order valence-electron chi connectivity index (χ4n) is 6.82. The number of ether oxygens (including phenoxy) is 3. The molecule has 3 atom stereocenters. The van der Waals surface area contributed by atoms with Crippen LogP contribution < -0.4 is 14.8 Å². The average molecular weight is 634 g/mol. The van der Waals surface area contributed by atoms with Crippen LogP contribution in [0.2, 0.25) is 0 Å². The van der Waals surface area contributed by atoms with Crippen molar-refractivity contribution in [1.29, 1.82) is 0 Å². The molecular formula is C37H39N5O5. The number of likely N-dealkylation sites (tertiary alicyclic amines) is 1. The molecular weight excluding hydrogens is 594 g/mol. The number of benzene rings is 3.